The molecule has 0 bridgehead atoms. The third-order valence-corrected chi connectivity index (χ3v) is 4.62. The van der Waals surface area contributed by atoms with Crippen LogP contribution in [-0.2, 0) is 0 Å². The summed E-state index contributed by atoms with van der Waals surface area (Å²) in [6, 6.07) is 4.27. The van der Waals surface area contributed by atoms with E-state index >= 15 is 0 Å². The van der Waals surface area contributed by atoms with Crippen LogP contribution in [0.1, 0.15) is 5.01 Å². The van der Waals surface area contributed by atoms with Crippen LogP contribution >= 0.6 is 45.3 Å². The Morgan fingerprint density at radius 2 is 1.71 bits per heavy atom. The molecule has 0 saturated carbocycles. The molecule has 3 aromatic rings. The molecule has 0 saturated heterocycles. The maximum Gasteiger partial charge on any atom is 0.155 e. The molecule has 0 aliphatic carbocycles. The standard InChI is InChI=1S/C9H5IN2S2/c1-4-11-5-2-8-6(3-7(5)13-4)12-9(10)14-8/h2-3H,1H3. The first-order valence-electron chi connectivity index (χ1n) is 4.05. The lowest BCUT2D eigenvalue weighted by Crippen LogP contribution is -1.70. The number of halogens is 1. The van der Waals surface area contributed by atoms with Gasteiger partial charge in [0.25, 0.3) is 0 Å². The number of benzene rings is 1. The molecule has 0 fully saturated rings. The summed E-state index contributed by atoms with van der Waals surface area (Å²) in [6.07, 6.45) is 0. The molecule has 3 rings (SSSR count). The van der Waals surface area contributed by atoms with Crippen LogP contribution in [-0.4, -0.2) is 9.97 Å². The summed E-state index contributed by atoms with van der Waals surface area (Å²) in [5.41, 5.74) is 2.19. The van der Waals surface area contributed by atoms with Crippen LogP contribution < -0.4 is 0 Å². The summed E-state index contributed by atoms with van der Waals surface area (Å²) in [5, 5.41) is 1.12. The van der Waals surface area contributed by atoms with E-state index in [-0.39, 0.29) is 0 Å². The van der Waals surface area contributed by atoms with Crippen molar-refractivity contribution in [2.45, 2.75) is 6.92 Å². The number of rotatable bonds is 0. The van der Waals surface area contributed by atoms with E-state index < -0.39 is 0 Å². The lowest BCUT2D eigenvalue weighted by atomic mass is 10.3. The average Bonchev–Trinajstić information content (AvgIpc) is 2.59. The lowest BCUT2D eigenvalue weighted by molar-refractivity contribution is 1.35. The van der Waals surface area contributed by atoms with E-state index in [0.717, 1.165) is 19.1 Å². The zero-order chi connectivity index (χ0) is 9.71. The summed E-state index contributed by atoms with van der Waals surface area (Å²) in [7, 11) is 0. The van der Waals surface area contributed by atoms with E-state index in [0.29, 0.717) is 0 Å². The van der Waals surface area contributed by atoms with Crippen LogP contribution in [0.4, 0.5) is 0 Å². The van der Waals surface area contributed by atoms with Gasteiger partial charge in [-0.2, -0.15) is 0 Å². The van der Waals surface area contributed by atoms with Crippen LogP contribution in [0, 0.1) is 9.94 Å². The molecule has 5 heteroatoms. The molecular formula is C9H5IN2S2. The summed E-state index contributed by atoms with van der Waals surface area (Å²) in [5.74, 6) is 0. The highest BCUT2D eigenvalue weighted by atomic mass is 127. The highest BCUT2D eigenvalue weighted by Gasteiger charge is 2.06. The SMILES string of the molecule is Cc1nc2cc3sc(I)nc3cc2s1. The second kappa shape index (κ2) is 3.11. The van der Waals surface area contributed by atoms with Gasteiger partial charge >= 0.3 is 0 Å². The van der Waals surface area contributed by atoms with E-state index in [1.807, 2.05) is 6.92 Å². The Hall–Kier alpha value is -0.270. The lowest BCUT2D eigenvalue weighted by Gasteiger charge is -1.86. The van der Waals surface area contributed by atoms with Gasteiger partial charge in [0, 0.05) is 0 Å². The number of fused-ring (bicyclic) bond motifs is 2. The van der Waals surface area contributed by atoms with Crippen LogP contribution in [0.3, 0.4) is 0 Å². The molecule has 0 N–H and O–H groups in total. The fraction of sp³-hybridized carbons (Fsp3) is 0.111. The molecule has 2 aromatic heterocycles. The molecule has 70 valence electrons. The van der Waals surface area contributed by atoms with Crippen LogP contribution in [0.2, 0.25) is 0 Å². The molecule has 0 amide bonds. The summed E-state index contributed by atoms with van der Waals surface area (Å²) in [6.45, 7) is 2.04. The number of hydrogen-bond acceptors (Lipinski definition) is 4. The van der Waals surface area contributed by atoms with Crippen molar-refractivity contribution in [3.05, 3.63) is 20.2 Å². The second-order valence-corrected chi connectivity index (χ2v) is 7.01. The van der Waals surface area contributed by atoms with E-state index in [4.69, 9.17) is 0 Å². The van der Waals surface area contributed by atoms with Gasteiger partial charge in [-0.05, 0) is 41.6 Å². The first kappa shape index (κ1) is 8.99. The van der Waals surface area contributed by atoms with Crippen molar-refractivity contribution in [1.82, 2.24) is 9.97 Å². The highest BCUT2D eigenvalue weighted by Crippen LogP contribution is 2.30. The smallest absolute Gasteiger partial charge is 0.155 e. The maximum atomic E-state index is 4.47. The van der Waals surface area contributed by atoms with Crippen LogP contribution in [0.25, 0.3) is 20.4 Å². The molecule has 2 heterocycles. The largest absolute Gasteiger partial charge is 0.241 e. The van der Waals surface area contributed by atoms with Gasteiger partial charge in [0.1, 0.15) is 0 Å². The Morgan fingerprint density at radius 1 is 1.07 bits per heavy atom. The van der Waals surface area contributed by atoms with Crippen LogP contribution in [0.15, 0.2) is 12.1 Å². The number of thiazole rings is 2. The average molecular weight is 332 g/mol. The minimum absolute atomic E-state index is 1.09. The molecular weight excluding hydrogens is 327 g/mol. The first-order valence-corrected chi connectivity index (χ1v) is 6.77. The topological polar surface area (TPSA) is 25.8 Å². The Bertz CT molecular complexity index is 523. The zero-order valence-corrected chi connectivity index (χ0v) is 11.0. The van der Waals surface area contributed by atoms with Crippen molar-refractivity contribution in [3.63, 3.8) is 0 Å². The van der Waals surface area contributed by atoms with Gasteiger partial charge < -0.3 is 0 Å². The fourth-order valence-electron chi connectivity index (χ4n) is 1.44. The predicted octanol–water partition coefficient (Wildman–Crippen LogP) is 3.82. The van der Waals surface area contributed by atoms with Gasteiger partial charge in [0.15, 0.2) is 3.01 Å². The zero-order valence-electron chi connectivity index (χ0n) is 7.24. The molecule has 0 radical (unpaired) electrons. The van der Waals surface area contributed by atoms with Crippen molar-refractivity contribution < 1.29 is 0 Å². The van der Waals surface area contributed by atoms with Gasteiger partial charge in [-0.3, -0.25) is 0 Å². The second-order valence-electron chi connectivity index (χ2n) is 2.99. The summed E-state index contributed by atoms with van der Waals surface area (Å²) < 4.78 is 3.55. The minimum Gasteiger partial charge on any atom is -0.241 e. The Kier molecular flexibility index (Phi) is 2.00. The van der Waals surface area contributed by atoms with E-state index in [9.17, 15) is 0 Å². The normalized spacial score (nSPS) is 11.6. The number of nitrogens with zero attached hydrogens (tertiary/aromatic N) is 2. The van der Waals surface area contributed by atoms with Crippen molar-refractivity contribution in [1.29, 1.82) is 0 Å². The Labute approximate surface area is 102 Å². The van der Waals surface area contributed by atoms with E-state index in [2.05, 4.69) is 44.7 Å². The Balaban J connectivity index is 2.49. The highest BCUT2D eigenvalue weighted by molar-refractivity contribution is 14.1. The third-order valence-electron chi connectivity index (χ3n) is 1.98. The van der Waals surface area contributed by atoms with Crippen molar-refractivity contribution >= 4 is 65.7 Å². The van der Waals surface area contributed by atoms with Crippen molar-refractivity contribution in [3.8, 4) is 0 Å². The fourth-order valence-corrected chi connectivity index (χ4v) is 3.96. The molecule has 1 aromatic carbocycles. The Morgan fingerprint density at radius 3 is 2.50 bits per heavy atom. The molecule has 0 aliphatic heterocycles. The molecule has 0 spiro atoms. The number of hydrogen-bond donors (Lipinski definition) is 0. The van der Waals surface area contributed by atoms with Gasteiger partial charge in [-0.15, -0.1) is 22.7 Å². The van der Waals surface area contributed by atoms with Crippen molar-refractivity contribution in [2.24, 2.45) is 0 Å². The maximum absolute atomic E-state index is 4.47. The van der Waals surface area contributed by atoms with E-state index in [1.165, 1.54) is 9.40 Å². The molecule has 0 unspecified atom stereocenters. The van der Waals surface area contributed by atoms with Crippen LogP contribution in [0.5, 0.6) is 0 Å². The molecule has 0 atom stereocenters. The van der Waals surface area contributed by atoms with Gasteiger partial charge in [-0.1, -0.05) is 0 Å². The first-order chi connectivity index (χ1) is 6.72. The van der Waals surface area contributed by atoms with Crippen molar-refractivity contribution in [2.75, 3.05) is 0 Å². The third kappa shape index (κ3) is 1.34. The van der Waals surface area contributed by atoms with Gasteiger partial charge in [0.2, 0.25) is 0 Å². The monoisotopic (exact) mass is 332 g/mol. The predicted molar refractivity (Wildman–Crippen MR) is 70.3 cm³/mol. The quantitative estimate of drug-likeness (QED) is 0.585. The number of aryl methyl sites for hydroxylation is 1. The van der Waals surface area contributed by atoms with Gasteiger partial charge in [-0.25, -0.2) is 9.97 Å². The molecule has 14 heavy (non-hydrogen) atoms. The molecule has 0 aliphatic rings. The summed E-state index contributed by atoms with van der Waals surface area (Å²) >= 11 is 5.70. The van der Waals surface area contributed by atoms with E-state index in [1.54, 1.807) is 22.7 Å². The van der Waals surface area contributed by atoms with Gasteiger partial charge in [0.05, 0.1) is 25.4 Å². The summed E-state index contributed by atoms with van der Waals surface area (Å²) in [4.78, 5) is 8.92. The minimum atomic E-state index is 1.09. The number of aromatic nitrogens is 2. The molecule has 2 nitrogen and oxygen atoms in total.